The Bertz CT molecular complexity index is 826. The van der Waals surface area contributed by atoms with E-state index in [1.807, 2.05) is 47.4 Å². The van der Waals surface area contributed by atoms with Gasteiger partial charge in [-0.25, -0.2) is 0 Å². The van der Waals surface area contributed by atoms with Crippen LogP contribution in [0.2, 0.25) is 0 Å². The van der Waals surface area contributed by atoms with Crippen LogP contribution in [0.5, 0.6) is 0 Å². The molecule has 0 aliphatic carbocycles. The summed E-state index contributed by atoms with van der Waals surface area (Å²) in [7, 11) is 0. The summed E-state index contributed by atoms with van der Waals surface area (Å²) < 4.78 is 5.50. The molecule has 1 fully saturated rings. The van der Waals surface area contributed by atoms with Gasteiger partial charge in [-0.15, -0.1) is 0 Å². The molecule has 1 saturated heterocycles. The fraction of sp³-hybridized carbons (Fsp3) is 0.304. The Morgan fingerprint density at radius 3 is 1.96 bits per heavy atom. The van der Waals surface area contributed by atoms with Crippen molar-refractivity contribution in [3.05, 3.63) is 89.3 Å². The highest BCUT2D eigenvalue weighted by Gasteiger charge is 2.25. The van der Waals surface area contributed by atoms with E-state index >= 15 is 0 Å². The second-order valence-corrected chi connectivity index (χ2v) is 7.08. The van der Waals surface area contributed by atoms with Crippen molar-refractivity contribution in [1.82, 2.24) is 10.1 Å². The maximum atomic E-state index is 12.9. The van der Waals surface area contributed by atoms with Crippen LogP contribution in [0.3, 0.4) is 0 Å². The van der Waals surface area contributed by atoms with E-state index < -0.39 is 0 Å². The number of carbonyl (C=O) groups is 1. The smallest absolute Gasteiger partial charge is 0.292 e. The van der Waals surface area contributed by atoms with Crippen LogP contribution >= 0.6 is 0 Å². The Labute approximate surface area is 159 Å². The molecule has 1 amide bonds. The summed E-state index contributed by atoms with van der Waals surface area (Å²) in [6.45, 7) is 1.60. The maximum absolute atomic E-state index is 12.9. The molecule has 0 N–H and O–H groups in total. The van der Waals surface area contributed by atoms with Crippen LogP contribution in [0.15, 0.2) is 71.3 Å². The summed E-state index contributed by atoms with van der Waals surface area (Å²) in [6, 6.07) is 22.3. The van der Waals surface area contributed by atoms with Crippen molar-refractivity contribution < 1.29 is 9.32 Å². The third kappa shape index (κ3) is 3.95. The average molecular weight is 360 g/mol. The first-order valence-corrected chi connectivity index (χ1v) is 9.69. The van der Waals surface area contributed by atoms with Crippen molar-refractivity contribution in [2.45, 2.75) is 31.6 Å². The highest BCUT2D eigenvalue weighted by molar-refractivity contribution is 5.91. The standard InChI is InChI=1S/C23H24N2O2/c26-23(25-15-9-1-2-10-16-25)21-17-20(24-27-21)22(18-11-5-3-6-12-18)19-13-7-4-8-14-19/h3-8,11-14,17,22H,1-2,9-10,15-16H2. The minimum absolute atomic E-state index is 0.0458. The largest absolute Gasteiger partial charge is 0.351 e. The Kier molecular flexibility index (Phi) is 5.33. The predicted molar refractivity (Wildman–Crippen MR) is 105 cm³/mol. The quantitative estimate of drug-likeness (QED) is 0.667. The van der Waals surface area contributed by atoms with E-state index in [1.165, 1.54) is 12.8 Å². The molecule has 0 spiro atoms. The van der Waals surface area contributed by atoms with E-state index in [4.69, 9.17) is 4.52 Å². The molecule has 4 rings (SSSR count). The van der Waals surface area contributed by atoms with Crippen molar-refractivity contribution in [3.63, 3.8) is 0 Å². The van der Waals surface area contributed by atoms with Gasteiger partial charge in [-0.05, 0) is 24.0 Å². The lowest BCUT2D eigenvalue weighted by atomic mass is 9.88. The first-order valence-electron chi connectivity index (χ1n) is 9.69. The van der Waals surface area contributed by atoms with Crippen molar-refractivity contribution in [3.8, 4) is 0 Å². The van der Waals surface area contributed by atoms with E-state index in [0.717, 1.165) is 42.8 Å². The number of nitrogens with zero attached hydrogens (tertiary/aromatic N) is 2. The molecule has 0 atom stereocenters. The van der Waals surface area contributed by atoms with Gasteiger partial charge in [-0.1, -0.05) is 78.7 Å². The minimum Gasteiger partial charge on any atom is -0.351 e. The molecule has 3 aromatic rings. The molecular weight excluding hydrogens is 336 g/mol. The van der Waals surface area contributed by atoms with Gasteiger partial charge in [0.25, 0.3) is 5.91 Å². The van der Waals surface area contributed by atoms with Crippen LogP contribution in [0.1, 0.15) is 59.0 Å². The van der Waals surface area contributed by atoms with Crippen molar-refractivity contribution in [2.24, 2.45) is 0 Å². The minimum atomic E-state index is -0.0539. The zero-order valence-electron chi connectivity index (χ0n) is 15.4. The SMILES string of the molecule is O=C(c1cc(C(c2ccccc2)c2ccccc2)no1)N1CCCCCC1. The number of benzene rings is 2. The molecule has 0 radical (unpaired) electrons. The summed E-state index contributed by atoms with van der Waals surface area (Å²) >= 11 is 0. The summed E-state index contributed by atoms with van der Waals surface area (Å²) in [4.78, 5) is 14.8. The first kappa shape index (κ1) is 17.5. The molecule has 0 saturated carbocycles. The third-order valence-corrected chi connectivity index (χ3v) is 5.19. The molecule has 0 bridgehead atoms. The average Bonchev–Trinajstić information content (AvgIpc) is 3.03. The molecule has 1 aliphatic rings. The van der Waals surface area contributed by atoms with Gasteiger partial charge in [0.2, 0.25) is 5.76 Å². The van der Waals surface area contributed by atoms with Gasteiger partial charge in [-0.2, -0.15) is 0 Å². The van der Waals surface area contributed by atoms with E-state index in [1.54, 1.807) is 0 Å². The molecule has 1 aromatic heterocycles. The monoisotopic (exact) mass is 360 g/mol. The number of amides is 1. The van der Waals surface area contributed by atoms with Gasteiger partial charge in [0.1, 0.15) is 0 Å². The van der Waals surface area contributed by atoms with Gasteiger partial charge in [0.15, 0.2) is 0 Å². The molecule has 4 nitrogen and oxygen atoms in total. The summed E-state index contributed by atoms with van der Waals surface area (Å²) in [5.74, 6) is 0.237. The normalized spacial score (nSPS) is 14.9. The van der Waals surface area contributed by atoms with Crippen LogP contribution < -0.4 is 0 Å². The number of likely N-dealkylation sites (tertiary alicyclic amines) is 1. The fourth-order valence-electron chi connectivity index (χ4n) is 3.78. The van der Waals surface area contributed by atoms with Gasteiger partial charge in [0, 0.05) is 19.2 Å². The van der Waals surface area contributed by atoms with Crippen LogP contribution in [0.4, 0.5) is 0 Å². The second-order valence-electron chi connectivity index (χ2n) is 7.08. The van der Waals surface area contributed by atoms with Crippen LogP contribution in [-0.4, -0.2) is 29.1 Å². The Morgan fingerprint density at radius 2 is 1.41 bits per heavy atom. The lowest BCUT2D eigenvalue weighted by Gasteiger charge is -2.18. The van der Waals surface area contributed by atoms with E-state index in [0.29, 0.717) is 5.76 Å². The lowest BCUT2D eigenvalue weighted by Crippen LogP contribution is -2.31. The molecule has 1 aliphatic heterocycles. The number of hydrogen-bond acceptors (Lipinski definition) is 3. The van der Waals surface area contributed by atoms with E-state index in [9.17, 15) is 4.79 Å². The van der Waals surface area contributed by atoms with Gasteiger partial charge < -0.3 is 9.42 Å². The van der Waals surface area contributed by atoms with Crippen LogP contribution in [0, 0.1) is 0 Å². The topological polar surface area (TPSA) is 46.3 Å². The maximum Gasteiger partial charge on any atom is 0.292 e. The predicted octanol–water partition coefficient (Wildman–Crippen LogP) is 4.87. The Morgan fingerprint density at radius 1 is 0.852 bits per heavy atom. The number of aromatic nitrogens is 1. The van der Waals surface area contributed by atoms with Crippen LogP contribution in [-0.2, 0) is 0 Å². The Hall–Kier alpha value is -2.88. The van der Waals surface area contributed by atoms with Crippen molar-refractivity contribution >= 4 is 5.91 Å². The molecule has 2 heterocycles. The van der Waals surface area contributed by atoms with Crippen molar-refractivity contribution in [1.29, 1.82) is 0 Å². The highest BCUT2D eigenvalue weighted by Crippen LogP contribution is 2.31. The van der Waals surface area contributed by atoms with E-state index in [2.05, 4.69) is 29.4 Å². The van der Waals surface area contributed by atoms with Crippen molar-refractivity contribution in [2.75, 3.05) is 13.1 Å². The van der Waals surface area contributed by atoms with E-state index in [-0.39, 0.29) is 11.8 Å². The first-order chi connectivity index (χ1) is 13.3. The van der Waals surface area contributed by atoms with Crippen LogP contribution in [0.25, 0.3) is 0 Å². The zero-order chi connectivity index (χ0) is 18.5. The number of rotatable bonds is 4. The summed E-state index contributed by atoms with van der Waals surface area (Å²) in [5, 5.41) is 4.29. The molecule has 4 heteroatoms. The molecule has 0 unspecified atom stereocenters. The molecule has 138 valence electrons. The zero-order valence-corrected chi connectivity index (χ0v) is 15.4. The highest BCUT2D eigenvalue weighted by atomic mass is 16.5. The van der Waals surface area contributed by atoms with Gasteiger partial charge in [0.05, 0.1) is 11.6 Å². The number of hydrogen-bond donors (Lipinski definition) is 0. The molecule has 2 aromatic carbocycles. The lowest BCUT2D eigenvalue weighted by molar-refractivity contribution is 0.0719. The summed E-state index contributed by atoms with van der Waals surface area (Å²) in [5.41, 5.74) is 3.03. The third-order valence-electron chi connectivity index (χ3n) is 5.19. The fourth-order valence-corrected chi connectivity index (χ4v) is 3.78. The molecule has 27 heavy (non-hydrogen) atoms. The Balaban J connectivity index is 1.65. The molecular formula is C23H24N2O2. The van der Waals surface area contributed by atoms with Gasteiger partial charge in [-0.3, -0.25) is 4.79 Å². The summed E-state index contributed by atoms with van der Waals surface area (Å²) in [6.07, 6.45) is 4.50. The van der Waals surface area contributed by atoms with Gasteiger partial charge >= 0.3 is 0 Å². The second kappa shape index (κ2) is 8.21. The number of carbonyl (C=O) groups excluding carboxylic acids is 1.